The zero-order valence-electron chi connectivity index (χ0n) is 67.8. The van der Waals surface area contributed by atoms with Crippen LogP contribution in [0.25, 0.3) is 16.9 Å². The summed E-state index contributed by atoms with van der Waals surface area (Å²) in [7, 11) is -2.37. The summed E-state index contributed by atoms with van der Waals surface area (Å²) in [6, 6.07) is 20.3. The van der Waals surface area contributed by atoms with Gasteiger partial charge in [-0.3, -0.25) is 0 Å². The van der Waals surface area contributed by atoms with E-state index in [1.807, 2.05) is 0 Å². The van der Waals surface area contributed by atoms with Gasteiger partial charge < -0.3 is 19.4 Å². The number of allylic oxidation sites excluding steroid dienone is 6. The van der Waals surface area contributed by atoms with Crippen molar-refractivity contribution < 1.29 is 21.2 Å². The summed E-state index contributed by atoms with van der Waals surface area (Å²) >= 11 is 0. The van der Waals surface area contributed by atoms with Gasteiger partial charge in [0.2, 0.25) is 11.4 Å². The van der Waals surface area contributed by atoms with Crippen molar-refractivity contribution in [2.45, 2.75) is 446 Å². The second-order valence-electron chi connectivity index (χ2n) is 33.1. The van der Waals surface area contributed by atoms with Gasteiger partial charge in [-0.1, -0.05) is 435 Å². The number of nitrogens with zero attached hydrogens (tertiary/aromatic N) is 2. The SMILES string of the molecule is CCCCC=CCC(CCc1ccccc1C1=CC(C)=C(c2ccccc2CCC(CC=CCCCC)C[Si](C)(C)C)[N+]1=[N-])C[Si](C)(C)C.[CH2-]CCCCCCCCCCCCCCCCCCCCCCC.[CH2-]CCCCCCCCCCCCCCCCCCCCCCC.[Ni+2]. The van der Waals surface area contributed by atoms with Crippen LogP contribution in [0.4, 0.5) is 0 Å². The molecule has 0 amide bonds. The normalized spacial score (nSPS) is 13.3. The fourth-order valence-corrected chi connectivity index (χ4v) is 19.0. The van der Waals surface area contributed by atoms with Crippen LogP contribution in [-0.4, -0.2) is 20.8 Å². The van der Waals surface area contributed by atoms with E-state index >= 15 is 0 Å². The molecule has 2 unspecified atom stereocenters. The monoisotopic (exact) mass is 1430 g/mol. The number of aryl methyl sites for hydroxylation is 2. The van der Waals surface area contributed by atoms with Gasteiger partial charge in [0, 0.05) is 38.9 Å². The average Bonchev–Trinajstić information content (AvgIpc) is 1.62. The molecule has 568 valence electrons. The zero-order chi connectivity index (χ0) is 71.0. The van der Waals surface area contributed by atoms with Crippen molar-refractivity contribution in [3.8, 4) is 0 Å². The van der Waals surface area contributed by atoms with Crippen LogP contribution in [-0.2, 0) is 29.3 Å². The third-order valence-electron chi connectivity index (χ3n) is 20.6. The van der Waals surface area contributed by atoms with Crippen molar-refractivity contribution >= 4 is 27.5 Å². The molecule has 0 radical (unpaired) electrons. The van der Waals surface area contributed by atoms with Crippen molar-refractivity contribution in [1.82, 2.24) is 0 Å². The molecule has 0 saturated carbocycles. The maximum Gasteiger partial charge on any atom is 2.00 e. The van der Waals surface area contributed by atoms with Gasteiger partial charge in [-0.2, -0.15) is 12.8 Å². The molecule has 0 N–H and O–H groups in total. The molecule has 2 nitrogen and oxygen atoms in total. The largest absolute Gasteiger partial charge is 2.00 e. The van der Waals surface area contributed by atoms with E-state index in [0.717, 1.165) is 48.2 Å². The van der Waals surface area contributed by atoms with Crippen LogP contribution in [0.3, 0.4) is 0 Å². The molecule has 5 heteroatoms. The van der Waals surface area contributed by atoms with E-state index in [4.69, 9.17) is 0 Å². The molecule has 0 saturated heterocycles. The molecule has 98 heavy (non-hydrogen) atoms. The second-order valence-corrected chi connectivity index (χ2v) is 44.1. The summed E-state index contributed by atoms with van der Waals surface area (Å²) in [5.41, 5.74) is 19.9. The average molecular weight is 1430 g/mol. The molecule has 1 heterocycles. The maximum atomic E-state index is 11.9. The van der Waals surface area contributed by atoms with Crippen LogP contribution in [0.5, 0.6) is 0 Å². The van der Waals surface area contributed by atoms with Crippen LogP contribution in [0.1, 0.15) is 404 Å². The van der Waals surface area contributed by atoms with Crippen molar-refractivity contribution in [2.24, 2.45) is 11.8 Å². The molecule has 2 atom stereocenters. The van der Waals surface area contributed by atoms with Gasteiger partial charge in [-0.05, 0) is 93.4 Å². The van der Waals surface area contributed by atoms with E-state index in [-0.39, 0.29) is 16.5 Å². The van der Waals surface area contributed by atoms with Crippen molar-refractivity contribution in [2.75, 3.05) is 0 Å². The van der Waals surface area contributed by atoms with Gasteiger partial charge in [0.05, 0.1) is 0 Å². The summed E-state index contributed by atoms with van der Waals surface area (Å²) in [5, 5.41) is 0. The Morgan fingerprint density at radius 2 is 0.633 bits per heavy atom. The minimum atomic E-state index is -1.19. The van der Waals surface area contributed by atoms with E-state index in [0.29, 0.717) is 11.8 Å². The molecule has 1 aliphatic rings. The Bertz CT molecular complexity index is 2120. The first-order valence-electron chi connectivity index (χ1n) is 43.1. The van der Waals surface area contributed by atoms with E-state index in [2.05, 4.69) is 167 Å². The molecule has 0 aliphatic carbocycles. The van der Waals surface area contributed by atoms with Crippen molar-refractivity contribution in [1.29, 1.82) is 0 Å². The quantitative estimate of drug-likeness (QED) is 0.0207. The fraction of sp³-hybridized carbons (Fsp3) is 0.763. The Kier molecular flexibility index (Phi) is 66.6. The molecule has 0 spiro atoms. The predicted molar refractivity (Wildman–Crippen MR) is 449 cm³/mol. The number of unbranched alkanes of at least 4 members (excludes halogenated alkanes) is 46. The van der Waals surface area contributed by atoms with Crippen LogP contribution in [0, 0.1) is 25.7 Å². The number of benzene rings is 2. The summed E-state index contributed by atoms with van der Waals surface area (Å²) in [6.07, 6.45) is 89.8. The van der Waals surface area contributed by atoms with Crippen molar-refractivity contribution in [3.63, 3.8) is 0 Å². The smallest absolute Gasteiger partial charge is 0.493 e. The Morgan fingerprint density at radius 3 is 0.918 bits per heavy atom. The van der Waals surface area contributed by atoms with Crippen LogP contribution >= 0.6 is 0 Å². The van der Waals surface area contributed by atoms with Gasteiger partial charge >= 0.3 is 16.5 Å². The third kappa shape index (κ3) is 56.4. The number of rotatable bonds is 64. The van der Waals surface area contributed by atoms with E-state index < -0.39 is 16.1 Å². The summed E-state index contributed by atoms with van der Waals surface area (Å²) in [6.45, 7) is 34.2. The van der Waals surface area contributed by atoms with Crippen LogP contribution in [0.2, 0.25) is 51.4 Å². The first-order valence-corrected chi connectivity index (χ1v) is 50.5. The van der Waals surface area contributed by atoms with Gasteiger partial charge in [0.25, 0.3) is 0 Å². The molecular formula is C93H168N2NiSi2. The number of hydrogen-bond donors (Lipinski definition) is 0. The first-order chi connectivity index (χ1) is 47.2. The second kappa shape index (κ2) is 68.1. The molecule has 2 aromatic carbocycles. The first kappa shape index (κ1) is 95.9. The fourth-order valence-electron chi connectivity index (χ4n) is 14.8. The molecular weight excluding hydrogens is 1260 g/mol. The van der Waals surface area contributed by atoms with Gasteiger partial charge in [0.15, 0.2) is 0 Å². The number of hydrogen-bond acceptors (Lipinski definition) is 0. The molecule has 2 aromatic rings. The molecule has 0 bridgehead atoms. The molecule has 0 fully saturated rings. The third-order valence-corrected chi connectivity index (χ3v) is 24.2. The van der Waals surface area contributed by atoms with Gasteiger partial charge in [0.1, 0.15) is 0 Å². The minimum absolute atomic E-state index is 0. The van der Waals surface area contributed by atoms with E-state index in [9.17, 15) is 5.53 Å². The molecule has 0 aromatic heterocycles. The van der Waals surface area contributed by atoms with Gasteiger partial charge in [-0.25, -0.2) is 4.70 Å². The predicted octanol–water partition coefficient (Wildman–Crippen LogP) is 33.4. The van der Waals surface area contributed by atoms with E-state index in [1.54, 1.807) is 0 Å². The Morgan fingerprint density at radius 1 is 0.367 bits per heavy atom. The summed E-state index contributed by atoms with van der Waals surface area (Å²) in [5.74, 6) is 1.41. The Labute approximate surface area is 628 Å². The minimum Gasteiger partial charge on any atom is -0.493 e. The molecule has 3 rings (SSSR count). The van der Waals surface area contributed by atoms with Crippen LogP contribution < -0.4 is 0 Å². The Hall–Kier alpha value is -2.07. The topological polar surface area (TPSA) is 25.3 Å². The molecule has 1 aliphatic heterocycles. The Balaban J connectivity index is 0.00000161. The summed E-state index contributed by atoms with van der Waals surface area (Å²) < 4.78 is 1.50. The van der Waals surface area contributed by atoms with Crippen LogP contribution in [0.15, 0.2) is 84.5 Å². The zero-order valence-corrected chi connectivity index (χ0v) is 70.8. The van der Waals surface area contributed by atoms with Crippen molar-refractivity contribution in [3.05, 3.63) is 126 Å². The maximum absolute atomic E-state index is 11.9. The summed E-state index contributed by atoms with van der Waals surface area (Å²) in [4.78, 5) is 0. The van der Waals surface area contributed by atoms with Gasteiger partial charge in [-0.15, -0.1) is 0 Å². The van der Waals surface area contributed by atoms with E-state index in [1.165, 1.54) is 367 Å². The standard InChI is InChI=1S/C45H70N2Si2.2C24H49.Ni/c1-10-12-14-16-18-24-38(35-48(4,5)6)30-32-40-26-20-22-28-42(40)44-34-37(3)45(47(44)46)43-29-23-21-27-41(43)33-31-39(36-49(7,8)9)25-19-17-15-13-11-2;2*1-3-5-7-9-11-13-15-17-19-21-23-24-22-20-18-16-14-12-10-8-6-4-2;/h16-23,26-29,34,38-39H,10-15,24-25,30-33,35-36H2,1-9H3;2*1,3-24H2,2H3;/q;2*-1;+2.